The fourth-order valence-electron chi connectivity index (χ4n) is 1.74. The quantitative estimate of drug-likeness (QED) is 0.888. The molecule has 0 aliphatic carbocycles. The van der Waals surface area contributed by atoms with E-state index in [1.54, 1.807) is 6.92 Å². The molecular formula is C13H14BrNO. The molecule has 0 aliphatic rings. The summed E-state index contributed by atoms with van der Waals surface area (Å²) in [6.07, 6.45) is -0.640. The maximum atomic E-state index is 9.98. The van der Waals surface area contributed by atoms with Crippen LogP contribution in [0.1, 0.15) is 18.6 Å². The zero-order valence-electron chi connectivity index (χ0n) is 9.02. The Morgan fingerprint density at radius 2 is 1.75 bits per heavy atom. The normalized spacial score (nSPS) is 15.0. The Labute approximate surface area is 103 Å². The molecule has 0 spiro atoms. The van der Waals surface area contributed by atoms with Gasteiger partial charge in [-0.15, -0.1) is 0 Å². The van der Waals surface area contributed by atoms with Crippen molar-refractivity contribution in [2.45, 2.75) is 19.1 Å². The van der Waals surface area contributed by atoms with Gasteiger partial charge in [-0.25, -0.2) is 0 Å². The van der Waals surface area contributed by atoms with E-state index < -0.39 is 6.10 Å². The van der Waals surface area contributed by atoms with Gasteiger partial charge in [0.05, 0.1) is 6.10 Å². The second-order valence-corrected chi connectivity index (χ2v) is 4.88. The molecule has 0 heterocycles. The molecule has 0 radical (unpaired) electrons. The van der Waals surface area contributed by atoms with Crippen molar-refractivity contribution in [1.82, 2.24) is 0 Å². The Morgan fingerprint density at radius 1 is 1.19 bits per heavy atom. The molecule has 84 valence electrons. The van der Waals surface area contributed by atoms with E-state index in [1.165, 1.54) is 0 Å². The summed E-state index contributed by atoms with van der Waals surface area (Å²) in [6, 6.07) is 11.8. The van der Waals surface area contributed by atoms with Crippen molar-refractivity contribution in [1.29, 1.82) is 0 Å². The number of hydrogen-bond acceptors (Lipinski definition) is 2. The summed E-state index contributed by atoms with van der Waals surface area (Å²) >= 11 is 3.47. The highest BCUT2D eigenvalue weighted by Crippen LogP contribution is 2.29. The Bertz CT molecular complexity index is 510. The highest BCUT2D eigenvalue weighted by Gasteiger charge is 2.15. The molecule has 0 bridgehead atoms. The van der Waals surface area contributed by atoms with Gasteiger partial charge in [-0.05, 0) is 35.4 Å². The molecule has 0 unspecified atom stereocenters. The summed E-state index contributed by atoms with van der Waals surface area (Å²) in [7, 11) is 0. The largest absolute Gasteiger partial charge is 0.387 e. The lowest BCUT2D eigenvalue weighted by Crippen LogP contribution is -2.24. The van der Waals surface area contributed by atoms with Gasteiger partial charge in [-0.1, -0.05) is 40.2 Å². The van der Waals surface area contributed by atoms with Crippen LogP contribution in [0.15, 0.2) is 40.9 Å². The van der Waals surface area contributed by atoms with E-state index in [1.807, 2.05) is 36.4 Å². The van der Waals surface area contributed by atoms with Gasteiger partial charge >= 0.3 is 0 Å². The molecular weight excluding hydrogens is 266 g/mol. The Hall–Kier alpha value is -0.900. The smallest absolute Gasteiger partial charge is 0.0949 e. The number of aliphatic hydroxyl groups excluding tert-OH is 1. The van der Waals surface area contributed by atoms with Gasteiger partial charge in [0.1, 0.15) is 0 Å². The van der Waals surface area contributed by atoms with Crippen LogP contribution in [-0.2, 0) is 0 Å². The van der Waals surface area contributed by atoms with Crippen LogP contribution in [0.25, 0.3) is 10.8 Å². The first-order valence-corrected chi connectivity index (χ1v) is 6.00. The molecule has 0 aliphatic heterocycles. The number of benzene rings is 2. The molecule has 2 atom stereocenters. The molecule has 2 nitrogen and oxygen atoms in total. The number of hydrogen-bond donors (Lipinski definition) is 2. The highest BCUT2D eigenvalue weighted by atomic mass is 79.9. The summed E-state index contributed by atoms with van der Waals surface area (Å²) in [5.41, 5.74) is 6.55. The van der Waals surface area contributed by atoms with Crippen molar-refractivity contribution >= 4 is 26.7 Å². The first-order chi connectivity index (χ1) is 7.59. The van der Waals surface area contributed by atoms with Crippen molar-refractivity contribution in [3.8, 4) is 0 Å². The van der Waals surface area contributed by atoms with Gasteiger partial charge < -0.3 is 10.8 Å². The van der Waals surface area contributed by atoms with Gasteiger partial charge in [-0.3, -0.25) is 0 Å². The minimum Gasteiger partial charge on any atom is -0.387 e. The van der Waals surface area contributed by atoms with Crippen LogP contribution < -0.4 is 5.73 Å². The SMILES string of the molecule is C[C@@H](N)[C@@H](O)c1cc2ccccc2cc1Br. The lowest BCUT2D eigenvalue weighted by Gasteiger charge is -2.17. The van der Waals surface area contributed by atoms with Gasteiger partial charge in [0.25, 0.3) is 0 Å². The van der Waals surface area contributed by atoms with Crippen molar-refractivity contribution < 1.29 is 5.11 Å². The molecule has 2 aromatic carbocycles. The van der Waals surface area contributed by atoms with Crippen molar-refractivity contribution in [2.24, 2.45) is 5.73 Å². The van der Waals surface area contributed by atoms with Crippen molar-refractivity contribution in [3.63, 3.8) is 0 Å². The van der Waals surface area contributed by atoms with Crippen molar-refractivity contribution in [3.05, 3.63) is 46.4 Å². The number of aliphatic hydroxyl groups is 1. The van der Waals surface area contributed by atoms with E-state index in [0.29, 0.717) is 0 Å². The number of nitrogens with two attached hydrogens (primary N) is 1. The van der Waals surface area contributed by atoms with Crippen molar-refractivity contribution in [2.75, 3.05) is 0 Å². The summed E-state index contributed by atoms with van der Waals surface area (Å²) < 4.78 is 0.899. The van der Waals surface area contributed by atoms with Crippen LogP contribution in [-0.4, -0.2) is 11.1 Å². The Balaban J connectivity index is 2.58. The van der Waals surface area contributed by atoms with Crippen LogP contribution in [0, 0.1) is 0 Å². The predicted octanol–water partition coefficient (Wildman–Crippen LogP) is 2.98. The molecule has 0 saturated heterocycles. The minimum atomic E-state index is -0.640. The fourth-order valence-corrected chi connectivity index (χ4v) is 2.34. The molecule has 0 amide bonds. The molecule has 2 rings (SSSR count). The first kappa shape index (κ1) is 11.6. The van der Waals surface area contributed by atoms with Gasteiger partial charge in [0.15, 0.2) is 0 Å². The van der Waals surface area contributed by atoms with E-state index >= 15 is 0 Å². The zero-order chi connectivity index (χ0) is 11.7. The third kappa shape index (κ3) is 2.12. The third-order valence-corrected chi connectivity index (χ3v) is 3.37. The fraction of sp³-hybridized carbons (Fsp3) is 0.231. The molecule has 0 aromatic heterocycles. The van der Waals surface area contributed by atoms with Crippen LogP contribution in [0.3, 0.4) is 0 Å². The Morgan fingerprint density at radius 3 is 2.31 bits per heavy atom. The Kier molecular flexibility index (Phi) is 3.28. The molecule has 0 fully saturated rings. The van der Waals surface area contributed by atoms with E-state index in [0.717, 1.165) is 20.8 Å². The van der Waals surface area contributed by atoms with Gasteiger partial charge in [0.2, 0.25) is 0 Å². The second-order valence-electron chi connectivity index (χ2n) is 4.02. The topological polar surface area (TPSA) is 46.2 Å². The van der Waals surface area contributed by atoms with Crippen LogP contribution in [0.4, 0.5) is 0 Å². The van der Waals surface area contributed by atoms with Gasteiger partial charge in [-0.2, -0.15) is 0 Å². The maximum Gasteiger partial charge on any atom is 0.0949 e. The first-order valence-electron chi connectivity index (χ1n) is 5.21. The standard InChI is InChI=1S/C13H14BrNO/c1-8(15)13(16)11-6-9-4-2-3-5-10(9)7-12(11)14/h2-8,13,16H,15H2,1H3/t8-,13-/m1/s1. The minimum absolute atomic E-state index is 0.280. The summed E-state index contributed by atoms with van der Waals surface area (Å²) in [5, 5.41) is 12.2. The average Bonchev–Trinajstić information content (AvgIpc) is 2.27. The zero-order valence-corrected chi connectivity index (χ0v) is 10.6. The second kappa shape index (κ2) is 4.53. The molecule has 3 N–H and O–H groups in total. The van der Waals surface area contributed by atoms with E-state index in [4.69, 9.17) is 5.73 Å². The van der Waals surface area contributed by atoms with Gasteiger partial charge in [0, 0.05) is 10.5 Å². The maximum absolute atomic E-state index is 9.98. The number of halogens is 1. The monoisotopic (exact) mass is 279 g/mol. The lowest BCUT2D eigenvalue weighted by atomic mass is 10.0. The van der Waals surface area contributed by atoms with E-state index in [2.05, 4.69) is 15.9 Å². The molecule has 16 heavy (non-hydrogen) atoms. The van der Waals surface area contributed by atoms with Crippen LogP contribution in [0.2, 0.25) is 0 Å². The molecule has 2 aromatic rings. The van der Waals surface area contributed by atoms with Crippen LogP contribution >= 0.6 is 15.9 Å². The van der Waals surface area contributed by atoms with E-state index in [9.17, 15) is 5.11 Å². The number of fused-ring (bicyclic) bond motifs is 1. The number of rotatable bonds is 2. The average molecular weight is 280 g/mol. The summed E-state index contributed by atoms with van der Waals surface area (Å²) in [5.74, 6) is 0. The van der Waals surface area contributed by atoms with E-state index in [-0.39, 0.29) is 6.04 Å². The highest BCUT2D eigenvalue weighted by molar-refractivity contribution is 9.10. The predicted molar refractivity (Wildman–Crippen MR) is 70.3 cm³/mol. The molecule has 3 heteroatoms. The lowest BCUT2D eigenvalue weighted by molar-refractivity contribution is 0.153. The summed E-state index contributed by atoms with van der Waals surface area (Å²) in [6.45, 7) is 1.80. The van der Waals surface area contributed by atoms with Crippen LogP contribution in [0.5, 0.6) is 0 Å². The third-order valence-electron chi connectivity index (χ3n) is 2.68. The summed E-state index contributed by atoms with van der Waals surface area (Å²) in [4.78, 5) is 0. The molecule has 0 saturated carbocycles.